The number of benzene rings is 2. The maximum absolute atomic E-state index is 11.9. The fraction of sp³-hybridized carbons (Fsp3) is 0.190. The number of hydrogen-bond acceptors (Lipinski definition) is 4. The number of carbonyl (C=O) groups excluding carboxylic acids is 1. The van der Waals surface area contributed by atoms with E-state index >= 15 is 0 Å². The zero-order valence-corrected chi connectivity index (χ0v) is 15.8. The molecule has 6 heteroatoms. The number of carboxylic acids is 1. The number of ether oxygens (including phenoxy) is 1. The summed E-state index contributed by atoms with van der Waals surface area (Å²) in [5, 5.41) is 9.72. The van der Waals surface area contributed by atoms with Gasteiger partial charge in [0.05, 0.1) is 0 Å². The van der Waals surface area contributed by atoms with E-state index in [0.717, 1.165) is 11.1 Å². The van der Waals surface area contributed by atoms with Crippen molar-refractivity contribution in [1.82, 2.24) is 0 Å². The maximum Gasteiger partial charge on any atom is 0.336 e. The van der Waals surface area contributed by atoms with Crippen molar-refractivity contribution in [2.45, 2.75) is 19.9 Å². The molecule has 0 saturated heterocycles. The Morgan fingerprint density at radius 1 is 1.11 bits per heavy atom. The van der Waals surface area contributed by atoms with Crippen LogP contribution in [0.4, 0.5) is 0 Å². The number of rotatable bonds is 7. The van der Waals surface area contributed by atoms with Gasteiger partial charge in [-0.2, -0.15) is 0 Å². The van der Waals surface area contributed by atoms with Crippen molar-refractivity contribution in [3.8, 4) is 5.75 Å². The number of nitrogens with zero attached hydrogens (tertiary/aromatic N) is 1. The minimum absolute atomic E-state index is 0.106. The Bertz CT molecular complexity index is 857. The second kappa shape index (κ2) is 9.69. The van der Waals surface area contributed by atoms with Gasteiger partial charge in [-0.15, -0.1) is 0 Å². The van der Waals surface area contributed by atoms with Crippen LogP contribution in [0.1, 0.15) is 25.0 Å². The van der Waals surface area contributed by atoms with Gasteiger partial charge >= 0.3 is 11.9 Å². The highest BCUT2D eigenvalue weighted by molar-refractivity contribution is 6.30. The average Bonchev–Trinajstić information content (AvgIpc) is 2.61. The van der Waals surface area contributed by atoms with E-state index in [9.17, 15) is 9.59 Å². The van der Waals surface area contributed by atoms with Crippen LogP contribution in [0.15, 0.2) is 59.6 Å². The molecular weight excluding hydrogens is 366 g/mol. The van der Waals surface area contributed by atoms with Crippen LogP contribution in [-0.4, -0.2) is 29.3 Å². The van der Waals surface area contributed by atoms with Crippen molar-refractivity contribution >= 4 is 35.8 Å². The van der Waals surface area contributed by atoms with E-state index in [1.807, 2.05) is 6.07 Å². The molecule has 5 nitrogen and oxygen atoms in total. The molecule has 0 saturated carbocycles. The molecule has 27 heavy (non-hydrogen) atoms. The van der Waals surface area contributed by atoms with Gasteiger partial charge in [0.15, 0.2) is 0 Å². The molecule has 0 radical (unpaired) electrons. The topological polar surface area (TPSA) is 76.0 Å². The summed E-state index contributed by atoms with van der Waals surface area (Å²) in [7, 11) is 0. The highest BCUT2D eigenvalue weighted by Gasteiger charge is 2.19. The smallest absolute Gasteiger partial charge is 0.336 e. The highest BCUT2D eigenvalue weighted by Crippen LogP contribution is 2.14. The summed E-state index contributed by atoms with van der Waals surface area (Å²) in [6, 6.07) is 13.0. The van der Waals surface area contributed by atoms with Crippen LogP contribution >= 0.6 is 11.6 Å². The summed E-state index contributed by atoms with van der Waals surface area (Å²) in [4.78, 5) is 27.1. The van der Waals surface area contributed by atoms with E-state index in [-0.39, 0.29) is 5.92 Å². The Hall–Kier alpha value is -2.92. The summed E-state index contributed by atoms with van der Waals surface area (Å²) < 4.78 is 5.23. The SMILES string of the molecule is CC(C)C(/N=C/c1ccc(OC(=O)/C=C/c2cccc(Cl)c2)cc1)C(=O)O. The molecule has 1 N–H and O–H groups in total. The van der Waals surface area contributed by atoms with Crippen LogP contribution in [0.25, 0.3) is 6.08 Å². The number of aliphatic carboxylic acids is 1. The molecule has 0 aliphatic carbocycles. The first-order valence-electron chi connectivity index (χ1n) is 8.36. The van der Waals surface area contributed by atoms with Crippen LogP contribution in [-0.2, 0) is 9.59 Å². The molecule has 0 aromatic heterocycles. The number of aliphatic imine (C=N–C) groups is 1. The van der Waals surface area contributed by atoms with E-state index in [1.54, 1.807) is 62.4 Å². The van der Waals surface area contributed by atoms with Crippen LogP contribution in [0.2, 0.25) is 5.02 Å². The third-order valence-electron chi connectivity index (χ3n) is 3.63. The van der Waals surface area contributed by atoms with Gasteiger partial charge in [0, 0.05) is 17.3 Å². The molecule has 2 aromatic carbocycles. The molecule has 1 atom stereocenters. The summed E-state index contributed by atoms with van der Waals surface area (Å²) in [5.74, 6) is -1.20. The van der Waals surface area contributed by atoms with E-state index < -0.39 is 18.0 Å². The highest BCUT2D eigenvalue weighted by atomic mass is 35.5. The van der Waals surface area contributed by atoms with Gasteiger partial charge < -0.3 is 9.84 Å². The largest absolute Gasteiger partial charge is 0.480 e. The monoisotopic (exact) mass is 385 g/mol. The number of carbonyl (C=O) groups is 2. The molecule has 0 spiro atoms. The first-order chi connectivity index (χ1) is 12.8. The molecule has 0 amide bonds. The Morgan fingerprint density at radius 2 is 1.81 bits per heavy atom. The molecule has 2 aromatic rings. The third kappa shape index (κ3) is 6.72. The van der Waals surface area contributed by atoms with E-state index in [2.05, 4.69) is 4.99 Å². The van der Waals surface area contributed by atoms with Gasteiger partial charge in [0.2, 0.25) is 0 Å². The molecule has 0 aliphatic heterocycles. The van der Waals surface area contributed by atoms with Crippen molar-refractivity contribution in [3.05, 3.63) is 70.8 Å². The number of carboxylic acid groups (broad SMARTS) is 1. The molecule has 0 fully saturated rings. The fourth-order valence-corrected chi connectivity index (χ4v) is 2.43. The van der Waals surface area contributed by atoms with Crippen molar-refractivity contribution in [2.24, 2.45) is 10.9 Å². The molecular formula is C21H20ClNO4. The van der Waals surface area contributed by atoms with Crippen molar-refractivity contribution in [3.63, 3.8) is 0 Å². The Kier molecular flexibility index (Phi) is 7.32. The third-order valence-corrected chi connectivity index (χ3v) is 3.86. The number of hydrogen-bond donors (Lipinski definition) is 1. The Balaban J connectivity index is 1.96. The first kappa shape index (κ1) is 20.4. The summed E-state index contributed by atoms with van der Waals surface area (Å²) in [6.07, 6.45) is 4.44. The minimum Gasteiger partial charge on any atom is -0.480 e. The molecule has 0 aliphatic rings. The normalized spacial score (nSPS) is 12.6. The molecule has 0 bridgehead atoms. The van der Waals surface area contributed by atoms with Crippen molar-refractivity contribution in [1.29, 1.82) is 0 Å². The zero-order valence-electron chi connectivity index (χ0n) is 15.0. The number of halogens is 1. The van der Waals surface area contributed by atoms with Crippen molar-refractivity contribution < 1.29 is 19.4 Å². The van der Waals surface area contributed by atoms with Crippen LogP contribution in [0, 0.1) is 5.92 Å². The molecule has 140 valence electrons. The lowest BCUT2D eigenvalue weighted by atomic mass is 10.1. The Morgan fingerprint density at radius 3 is 2.41 bits per heavy atom. The average molecular weight is 386 g/mol. The van der Waals surface area contributed by atoms with Gasteiger partial charge in [-0.05, 0) is 59.5 Å². The minimum atomic E-state index is -0.960. The second-order valence-corrected chi connectivity index (χ2v) is 6.62. The molecule has 1 unspecified atom stereocenters. The summed E-state index contributed by atoms with van der Waals surface area (Å²) >= 11 is 5.89. The summed E-state index contributed by atoms with van der Waals surface area (Å²) in [5.41, 5.74) is 1.51. The lowest BCUT2D eigenvalue weighted by molar-refractivity contribution is -0.139. The Labute approximate surface area is 163 Å². The standard InChI is InChI=1S/C21H20ClNO4/c1-14(2)20(21(25)26)23-13-16-6-9-18(10-7-16)27-19(24)11-8-15-4-3-5-17(22)12-15/h3-14,20H,1-2H3,(H,25,26)/b11-8+,23-13+. The van der Waals surface area contributed by atoms with Gasteiger partial charge in [-0.25, -0.2) is 9.59 Å². The van der Waals surface area contributed by atoms with E-state index in [0.29, 0.717) is 10.8 Å². The van der Waals surface area contributed by atoms with Gasteiger partial charge in [-0.1, -0.05) is 37.6 Å². The van der Waals surface area contributed by atoms with Crippen LogP contribution < -0.4 is 4.74 Å². The zero-order chi connectivity index (χ0) is 19.8. The number of esters is 1. The van der Waals surface area contributed by atoms with E-state index in [4.69, 9.17) is 21.4 Å². The van der Waals surface area contributed by atoms with Crippen LogP contribution in [0.5, 0.6) is 5.75 Å². The molecule has 2 rings (SSSR count). The predicted octanol–water partition coefficient (Wildman–Crippen LogP) is 4.49. The van der Waals surface area contributed by atoms with E-state index in [1.165, 1.54) is 12.3 Å². The van der Waals surface area contributed by atoms with Crippen LogP contribution in [0.3, 0.4) is 0 Å². The maximum atomic E-state index is 11.9. The fourth-order valence-electron chi connectivity index (χ4n) is 2.23. The van der Waals surface area contributed by atoms with Gasteiger partial charge in [-0.3, -0.25) is 4.99 Å². The quantitative estimate of drug-likeness (QED) is 0.330. The van der Waals surface area contributed by atoms with Crippen molar-refractivity contribution in [2.75, 3.05) is 0 Å². The predicted molar refractivity (Wildman–Crippen MR) is 106 cm³/mol. The van der Waals surface area contributed by atoms with Gasteiger partial charge in [0.25, 0.3) is 0 Å². The summed E-state index contributed by atoms with van der Waals surface area (Å²) in [6.45, 7) is 3.60. The van der Waals surface area contributed by atoms with Gasteiger partial charge in [0.1, 0.15) is 11.8 Å². The lowest BCUT2D eigenvalue weighted by Gasteiger charge is -2.10. The first-order valence-corrected chi connectivity index (χ1v) is 8.74. The second-order valence-electron chi connectivity index (χ2n) is 6.18. The lowest BCUT2D eigenvalue weighted by Crippen LogP contribution is -2.24. The molecule has 0 heterocycles.